The molecule has 0 spiro atoms. The van der Waals surface area contributed by atoms with Gasteiger partial charge in [0.1, 0.15) is 17.3 Å². The van der Waals surface area contributed by atoms with E-state index in [1.807, 2.05) is 26.4 Å². The average Bonchev–Trinajstić information content (AvgIpc) is 3.07. The van der Waals surface area contributed by atoms with E-state index in [2.05, 4.69) is 35.6 Å². The van der Waals surface area contributed by atoms with Gasteiger partial charge in [-0.2, -0.15) is 0 Å². The van der Waals surface area contributed by atoms with E-state index in [4.69, 9.17) is 4.98 Å². The van der Waals surface area contributed by atoms with Crippen molar-refractivity contribution in [3.63, 3.8) is 0 Å². The zero-order valence-electron chi connectivity index (χ0n) is 17.0. The Hall–Kier alpha value is -2.44. The highest BCUT2D eigenvalue weighted by molar-refractivity contribution is 5.91. The normalized spacial score (nSPS) is 15.8. The summed E-state index contributed by atoms with van der Waals surface area (Å²) in [7, 11) is 3.74. The van der Waals surface area contributed by atoms with Crippen molar-refractivity contribution in [2.75, 3.05) is 31.6 Å². The van der Waals surface area contributed by atoms with Crippen molar-refractivity contribution in [3.8, 4) is 0 Å². The fourth-order valence-corrected chi connectivity index (χ4v) is 3.42. The van der Waals surface area contributed by atoms with E-state index in [1.54, 1.807) is 22.0 Å². The van der Waals surface area contributed by atoms with Gasteiger partial charge in [0.2, 0.25) is 0 Å². The third-order valence-corrected chi connectivity index (χ3v) is 5.05. The molecule has 27 heavy (non-hydrogen) atoms. The van der Waals surface area contributed by atoms with Crippen molar-refractivity contribution in [2.45, 2.75) is 39.0 Å². The van der Waals surface area contributed by atoms with Crippen molar-refractivity contribution < 1.29 is 4.79 Å². The Labute approximate surface area is 161 Å². The van der Waals surface area contributed by atoms with Crippen LogP contribution in [0.5, 0.6) is 0 Å². The van der Waals surface area contributed by atoms with Crippen LogP contribution in [0, 0.1) is 5.92 Å². The molecular formula is C20H30N6O. The number of carbonyl (C=O) groups excluding carboxylic acids is 1. The molecule has 0 aromatic carbocycles. The third kappa shape index (κ3) is 4.64. The summed E-state index contributed by atoms with van der Waals surface area (Å²) < 4.78 is 1.80. The molecule has 0 radical (unpaired) electrons. The molecule has 2 aromatic rings. The highest BCUT2D eigenvalue weighted by atomic mass is 16.2. The maximum atomic E-state index is 12.5. The number of imidazole rings is 1. The number of hydrogen-bond donors (Lipinski definition) is 0. The molecule has 1 aliphatic heterocycles. The molecule has 1 saturated heterocycles. The van der Waals surface area contributed by atoms with E-state index in [-0.39, 0.29) is 11.3 Å². The van der Waals surface area contributed by atoms with Crippen LogP contribution in [-0.4, -0.2) is 57.0 Å². The summed E-state index contributed by atoms with van der Waals surface area (Å²) in [6.07, 6.45) is 7.38. The summed E-state index contributed by atoms with van der Waals surface area (Å²) >= 11 is 0. The number of carbonyl (C=O) groups is 1. The number of nitrogens with zero attached hydrogens (tertiary/aromatic N) is 6. The topological polar surface area (TPSA) is 67.2 Å². The molecule has 1 aliphatic rings. The lowest BCUT2D eigenvalue weighted by Crippen LogP contribution is -2.40. The fraction of sp³-hybridized carbons (Fsp3) is 0.600. The molecule has 0 bridgehead atoms. The summed E-state index contributed by atoms with van der Waals surface area (Å²) in [5.41, 5.74) is 0.455. The van der Waals surface area contributed by atoms with Crippen LogP contribution in [0.15, 0.2) is 24.8 Å². The Morgan fingerprint density at radius 1 is 1.26 bits per heavy atom. The molecule has 7 heteroatoms. The van der Waals surface area contributed by atoms with Gasteiger partial charge in [-0.05, 0) is 24.8 Å². The number of piperidine rings is 1. The molecule has 0 aliphatic carbocycles. The van der Waals surface area contributed by atoms with Crippen molar-refractivity contribution in [3.05, 3.63) is 36.3 Å². The van der Waals surface area contributed by atoms with Crippen LogP contribution in [0.3, 0.4) is 0 Å². The van der Waals surface area contributed by atoms with Crippen LogP contribution in [0.2, 0.25) is 0 Å². The van der Waals surface area contributed by atoms with Crippen LogP contribution in [0.25, 0.3) is 0 Å². The molecule has 3 rings (SSSR count). The van der Waals surface area contributed by atoms with Crippen LogP contribution in [0.1, 0.15) is 49.9 Å². The second-order valence-electron chi connectivity index (χ2n) is 8.53. The monoisotopic (exact) mass is 370 g/mol. The zero-order chi connectivity index (χ0) is 19.6. The second kappa shape index (κ2) is 7.66. The van der Waals surface area contributed by atoms with E-state index in [0.717, 1.165) is 44.1 Å². The van der Waals surface area contributed by atoms with Crippen LogP contribution in [0.4, 0.5) is 5.82 Å². The molecular weight excluding hydrogens is 340 g/mol. The number of aromatic nitrogens is 4. The summed E-state index contributed by atoms with van der Waals surface area (Å²) in [4.78, 5) is 29.9. The van der Waals surface area contributed by atoms with Gasteiger partial charge in [0.25, 0.3) is 5.91 Å². The maximum Gasteiger partial charge on any atom is 0.273 e. The van der Waals surface area contributed by atoms with Gasteiger partial charge in [-0.25, -0.2) is 15.0 Å². The largest absolute Gasteiger partial charge is 0.356 e. The van der Waals surface area contributed by atoms with Crippen LogP contribution in [-0.2, 0) is 12.5 Å². The quantitative estimate of drug-likeness (QED) is 0.827. The first kappa shape index (κ1) is 19.3. The van der Waals surface area contributed by atoms with Gasteiger partial charge < -0.3 is 14.4 Å². The molecule has 0 unspecified atom stereocenters. The first-order chi connectivity index (χ1) is 12.7. The van der Waals surface area contributed by atoms with Gasteiger partial charge in [0.05, 0.1) is 6.33 Å². The molecule has 0 atom stereocenters. The molecule has 1 fully saturated rings. The predicted octanol–water partition coefficient (Wildman–Crippen LogP) is 2.50. The number of aryl methyl sites for hydroxylation is 1. The summed E-state index contributed by atoms with van der Waals surface area (Å²) in [6, 6.07) is 1.99. The Kier molecular flexibility index (Phi) is 5.48. The van der Waals surface area contributed by atoms with Crippen molar-refractivity contribution in [1.29, 1.82) is 0 Å². The standard InChI is InChI=1S/C20H30N6O/c1-20(2,3)19-21-9-6-17(23-19)26-10-7-15(8-11-26)12-25(5)18(27)16-13-24(4)14-22-16/h6,9,13-15H,7-8,10-12H2,1-5H3. The van der Waals surface area contributed by atoms with E-state index < -0.39 is 0 Å². The average molecular weight is 371 g/mol. The lowest BCUT2D eigenvalue weighted by molar-refractivity contribution is 0.0759. The highest BCUT2D eigenvalue weighted by Gasteiger charge is 2.25. The van der Waals surface area contributed by atoms with Gasteiger partial charge in [-0.3, -0.25) is 4.79 Å². The Morgan fingerprint density at radius 3 is 2.56 bits per heavy atom. The van der Waals surface area contributed by atoms with Crippen LogP contribution < -0.4 is 4.90 Å². The van der Waals surface area contributed by atoms with Gasteiger partial charge in [0, 0.05) is 51.5 Å². The smallest absolute Gasteiger partial charge is 0.273 e. The summed E-state index contributed by atoms with van der Waals surface area (Å²) in [6.45, 7) is 9.07. The first-order valence-electron chi connectivity index (χ1n) is 9.56. The summed E-state index contributed by atoms with van der Waals surface area (Å²) in [5, 5.41) is 0. The molecule has 3 heterocycles. The van der Waals surface area contributed by atoms with Crippen molar-refractivity contribution in [2.24, 2.45) is 13.0 Å². The Balaban J connectivity index is 1.55. The third-order valence-electron chi connectivity index (χ3n) is 5.05. The molecule has 146 valence electrons. The molecule has 0 saturated carbocycles. The van der Waals surface area contributed by atoms with Crippen molar-refractivity contribution >= 4 is 11.7 Å². The van der Waals surface area contributed by atoms with Crippen LogP contribution >= 0.6 is 0 Å². The number of rotatable bonds is 4. The minimum Gasteiger partial charge on any atom is -0.356 e. The number of amides is 1. The first-order valence-corrected chi connectivity index (χ1v) is 9.56. The summed E-state index contributed by atoms with van der Waals surface area (Å²) in [5.74, 6) is 2.38. The Morgan fingerprint density at radius 2 is 1.96 bits per heavy atom. The molecule has 1 amide bonds. The van der Waals surface area contributed by atoms with Gasteiger partial charge in [-0.15, -0.1) is 0 Å². The van der Waals surface area contributed by atoms with Gasteiger partial charge in [-0.1, -0.05) is 20.8 Å². The predicted molar refractivity (Wildman–Crippen MR) is 106 cm³/mol. The highest BCUT2D eigenvalue weighted by Crippen LogP contribution is 2.25. The van der Waals surface area contributed by atoms with Gasteiger partial charge in [0.15, 0.2) is 0 Å². The number of anilines is 1. The molecule has 2 aromatic heterocycles. The zero-order valence-corrected chi connectivity index (χ0v) is 17.0. The van der Waals surface area contributed by atoms with E-state index in [0.29, 0.717) is 11.6 Å². The molecule has 7 nitrogen and oxygen atoms in total. The lowest BCUT2D eigenvalue weighted by atomic mass is 9.95. The second-order valence-corrected chi connectivity index (χ2v) is 8.53. The van der Waals surface area contributed by atoms with Crippen molar-refractivity contribution in [1.82, 2.24) is 24.4 Å². The lowest BCUT2D eigenvalue weighted by Gasteiger charge is -2.34. The van der Waals surface area contributed by atoms with Gasteiger partial charge >= 0.3 is 0 Å². The minimum atomic E-state index is -0.0527. The fourth-order valence-electron chi connectivity index (χ4n) is 3.42. The van der Waals surface area contributed by atoms with E-state index >= 15 is 0 Å². The molecule has 0 N–H and O–H groups in total. The van der Waals surface area contributed by atoms with E-state index in [9.17, 15) is 4.79 Å². The van der Waals surface area contributed by atoms with E-state index in [1.165, 1.54) is 0 Å². The number of hydrogen-bond acceptors (Lipinski definition) is 5. The minimum absolute atomic E-state index is 0.0105. The maximum absolute atomic E-state index is 12.5. The Bertz CT molecular complexity index is 786. The SMILES string of the molecule is CN(CC1CCN(c2ccnc(C(C)(C)C)n2)CC1)C(=O)c1cn(C)cn1.